The van der Waals surface area contributed by atoms with Crippen molar-refractivity contribution in [3.05, 3.63) is 53.6 Å². The lowest BCUT2D eigenvalue weighted by molar-refractivity contribution is -0.143. The molecule has 2 aromatic rings. The fourth-order valence-electron chi connectivity index (χ4n) is 3.17. The minimum absolute atomic E-state index is 0.00352. The monoisotopic (exact) mass is 472 g/mol. The summed E-state index contributed by atoms with van der Waals surface area (Å²) in [6, 6.07) is 11.1. The van der Waals surface area contributed by atoms with Crippen molar-refractivity contribution in [2.45, 2.75) is 39.3 Å². The van der Waals surface area contributed by atoms with Crippen molar-refractivity contribution in [2.24, 2.45) is 0 Å². The number of carbonyl (C=O) groups is 3. The van der Waals surface area contributed by atoms with Gasteiger partial charge in [0.1, 0.15) is 5.75 Å². The number of rotatable bonds is 12. The van der Waals surface area contributed by atoms with Gasteiger partial charge in [0.15, 0.2) is 18.1 Å². The Kier molecular flexibility index (Phi) is 10.2. The summed E-state index contributed by atoms with van der Waals surface area (Å²) in [6.45, 7) is 5.49. The second-order valence-electron chi connectivity index (χ2n) is 7.69. The molecule has 2 N–H and O–H groups in total. The first-order valence-corrected chi connectivity index (χ1v) is 11.0. The van der Waals surface area contributed by atoms with Crippen LogP contribution in [0, 0.1) is 0 Å². The highest BCUT2D eigenvalue weighted by atomic mass is 16.5. The number of hydrogen-bond donors (Lipinski definition) is 2. The zero-order valence-corrected chi connectivity index (χ0v) is 20.2. The summed E-state index contributed by atoms with van der Waals surface area (Å²) in [7, 11) is 2.98. The molecule has 1 atom stereocenters. The molecule has 2 aromatic carbocycles. The van der Waals surface area contributed by atoms with Crippen LogP contribution in [0.25, 0.3) is 0 Å². The SMILES string of the molecule is CCOC(=O)CC(NC(=O)c1ccc(OCC(=O)NC(C)C)c(OC)c1)c1cccc(OC)c1. The molecule has 9 nitrogen and oxygen atoms in total. The van der Waals surface area contributed by atoms with Gasteiger partial charge in [-0.25, -0.2) is 0 Å². The molecule has 0 aliphatic carbocycles. The van der Waals surface area contributed by atoms with Gasteiger partial charge >= 0.3 is 5.97 Å². The number of hydrogen-bond acceptors (Lipinski definition) is 7. The number of methoxy groups -OCH3 is 2. The number of esters is 1. The smallest absolute Gasteiger partial charge is 0.308 e. The molecule has 9 heteroatoms. The largest absolute Gasteiger partial charge is 0.497 e. The van der Waals surface area contributed by atoms with Crippen LogP contribution in [0.4, 0.5) is 0 Å². The van der Waals surface area contributed by atoms with Crippen LogP contribution in [0.1, 0.15) is 49.2 Å². The van der Waals surface area contributed by atoms with Crippen molar-refractivity contribution >= 4 is 17.8 Å². The average molecular weight is 473 g/mol. The molecule has 2 rings (SSSR count). The summed E-state index contributed by atoms with van der Waals surface area (Å²) in [5, 5.41) is 5.61. The molecule has 184 valence electrons. The first-order chi connectivity index (χ1) is 16.3. The summed E-state index contributed by atoms with van der Waals surface area (Å²) < 4.78 is 21.2. The molecule has 0 aromatic heterocycles. The molecule has 0 aliphatic rings. The fourth-order valence-corrected chi connectivity index (χ4v) is 3.17. The van der Waals surface area contributed by atoms with Gasteiger partial charge in [0.05, 0.1) is 33.3 Å². The third-order valence-corrected chi connectivity index (χ3v) is 4.71. The van der Waals surface area contributed by atoms with Gasteiger partial charge in [-0.15, -0.1) is 0 Å². The van der Waals surface area contributed by atoms with Crippen molar-refractivity contribution in [1.29, 1.82) is 0 Å². The molecular formula is C25H32N2O7. The van der Waals surface area contributed by atoms with E-state index in [1.54, 1.807) is 50.4 Å². The highest BCUT2D eigenvalue weighted by molar-refractivity contribution is 5.95. The number of nitrogens with one attached hydrogen (secondary N) is 2. The van der Waals surface area contributed by atoms with Gasteiger partial charge in [-0.1, -0.05) is 12.1 Å². The second-order valence-corrected chi connectivity index (χ2v) is 7.69. The molecule has 0 aliphatic heterocycles. The molecule has 0 bridgehead atoms. The highest BCUT2D eigenvalue weighted by Crippen LogP contribution is 2.29. The molecular weight excluding hydrogens is 440 g/mol. The number of carbonyl (C=O) groups excluding carboxylic acids is 3. The fraction of sp³-hybridized carbons (Fsp3) is 0.400. The van der Waals surface area contributed by atoms with E-state index in [0.29, 0.717) is 28.4 Å². The van der Waals surface area contributed by atoms with Crippen LogP contribution in [0.3, 0.4) is 0 Å². The summed E-state index contributed by atoms with van der Waals surface area (Å²) in [4.78, 5) is 37.0. The predicted molar refractivity (Wildman–Crippen MR) is 126 cm³/mol. The van der Waals surface area contributed by atoms with E-state index in [0.717, 1.165) is 0 Å². The van der Waals surface area contributed by atoms with E-state index in [9.17, 15) is 14.4 Å². The molecule has 0 saturated carbocycles. The van der Waals surface area contributed by atoms with Crippen LogP contribution in [-0.4, -0.2) is 51.3 Å². The van der Waals surface area contributed by atoms with Gasteiger partial charge in [-0.05, 0) is 56.7 Å². The van der Waals surface area contributed by atoms with E-state index < -0.39 is 17.9 Å². The Balaban J connectivity index is 2.19. The van der Waals surface area contributed by atoms with E-state index in [-0.39, 0.29) is 31.6 Å². The van der Waals surface area contributed by atoms with E-state index in [4.69, 9.17) is 18.9 Å². The summed E-state index contributed by atoms with van der Waals surface area (Å²) in [6.07, 6.45) is -0.0456. The molecule has 2 amide bonds. The molecule has 0 saturated heterocycles. The minimum Gasteiger partial charge on any atom is -0.497 e. The van der Waals surface area contributed by atoms with Crippen molar-refractivity contribution < 1.29 is 33.3 Å². The van der Waals surface area contributed by atoms with Gasteiger partial charge in [0, 0.05) is 11.6 Å². The van der Waals surface area contributed by atoms with E-state index in [2.05, 4.69) is 10.6 Å². The lowest BCUT2D eigenvalue weighted by Gasteiger charge is -2.20. The lowest BCUT2D eigenvalue weighted by Crippen LogP contribution is -2.34. The van der Waals surface area contributed by atoms with Gasteiger partial charge < -0.3 is 29.6 Å². The summed E-state index contributed by atoms with van der Waals surface area (Å²) in [5.74, 6) is 0.113. The zero-order valence-electron chi connectivity index (χ0n) is 20.2. The Morgan fingerprint density at radius 1 is 0.941 bits per heavy atom. The quantitative estimate of drug-likeness (QED) is 0.457. The van der Waals surface area contributed by atoms with Gasteiger partial charge in [-0.2, -0.15) is 0 Å². The van der Waals surface area contributed by atoms with E-state index in [1.165, 1.54) is 13.2 Å². The van der Waals surface area contributed by atoms with Crippen LogP contribution >= 0.6 is 0 Å². The predicted octanol–water partition coefficient (Wildman–Crippen LogP) is 3.03. The number of amides is 2. The zero-order chi connectivity index (χ0) is 25.1. The van der Waals surface area contributed by atoms with E-state index in [1.807, 2.05) is 13.8 Å². The third kappa shape index (κ3) is 7.99. The number of ether oxygens (including phenoxy) is 4. The Morgan fingerprint density at radius 3 is 2.35 bits per heavy atom. The van der Waals surface area contributed by atoms with Crippen molar-refractivity contribution in [3.63, 3.8) is 0 Å². The molecule has 0 fully saturated rings. The standard InChI is InChI=1S/C25H32N2O7/c1-6-33-24(29)14-20(17-8-7-9-19(12-17)31-4)27-25(30)18-10-11-21(22(13-18)32-5)34-15-23(28)26-16(2)3/h7-13,16,20H,6,14-15H2,1-5H3,(H,26,28)(H,27,30). The van der Waals surface area contributed by atoms with Crippen LogP contribution in [0.5, 0.6) is 17.2 Å². The van der Waals surface area contributed by atoms with Crippen molar-refractivity contribution in [2.75, 3.05) is 27.4 Å². The molecule has 34 heavy (non-hydrogen) atoms. The van der Waals surface area contributed by atoms with Gasteiger partial charge in [0.25, 0.3) is 11.8 Å². The Hall–Kier alpha value is -3.75. The van der Waals surface area contributed by atoms with Gasteiger partial charge in [-0.3, -0.25) is 14.4 Å². The molecule has 0 spiro atoms. The average Bonchev–Trinajstić information content (AvgIpc) is 2.81. The highest BCUT2D eigenvalue weighted by Gasteiger charge is 2.21. The van der Waals surface area contributed by atoms with E-state index >= 15 is 0 Å². The second kappa shape index (κ2) is 13.1. The normalized spacial score (nSPS) is 11.4. The Labute approximate surface area is 199 Å². The van der Waals surface area contributed by atoms with Crippen molar-refractivity contribution in [3.8, 4) is 17.2 Å². The maximum absolute atomic E-state index is 13.0. The first-order valence-electron chi connectivity index (χ1n) is 11.0. The van der Waals surface area contributed by atoms with Crippen LogP contribution in [0.15, 0.2) is 42.5 Å². The Bertz CT molecular complexity index is 991. The Morgan fingerprint density at radius 2 is 1.71 bits per heavy atom. The van der Waals surface area contributed by atoms with Gasteiger partial charge in [0.2, 0.25) is 0 Å². The van der Waals surface area contributed by atoms with Crippen molar-refractivity contribution in [1.82, 2.24) is 10.6 Å². The lowest BCUT2D eigenvalue weighted by atomic mass is 10.0. The van der Waals surface area contributed by atoms with Crippen LogP contribution in [0.2, 0.25) is 0 Å². The van der Waals surface area contributed by atoms with Crippen LogP contribution < -0.4 is 24.8 Å². The third-order valence-electron chi connectivity index (χ3n) is 4.71. The molecule has 0 radical (unpaired) electrons. The first kappa shape index (κ1) is 26.5. The maximum Gasteiger partial charge on any atom is 0.308 e. The summed E-state index contributed by atoms with van der Waals surface area (Å²) in [5.41, 5.74) is 0.997. The summed E-state index contributed by atoms with van der Waals surface area (Å²) >= 11 is 0. The maximum atomic E-state index is 13.0. The number of benzene rings is 2. The minimum atomic E-state index is -0.636. The van der Waals surface area contributed by atoms with Crippen LogP contribution in [-0.2, 0) is 14.3 Å². The topological polar surface area (TPSA) is 112 Å². The molecule has 1 unspecified atom stereocenters. The molecule has 0 heterocycles.